The van der Waals surface area contributed by atoms with Crippen molar-refractivity contribution in [3.05, 3.63) is 101 Å². The predicted molar refractivity (Wildman–Crippen MR) is 160 cm³/mol. The van der Waals surface area contributed by atoms with Gasteiger partial charge in [-0.2, -0.15) is 0 Å². The molecule has 5 N–H and O–H groups in total. The van der Waals surface area contributed by atoms with Crippen molar-refractivity contribution >= 4 is 35.4 Å². The van der Waals surface area contributed by atoms with Gasteiger partial charge >= 0.3 is 17.9 Å². The molecule has 0 aromatic heterocycles. The molecule has 3 aromatic rings. The fourth-order valence-electron chi connectivity index (χ4n) is 4.51. The number of hydrogen-bond acceptors (Lipinski definition) is 7. The Morgan fingerprint density at radius 1 is 0.829 bits per heavy atom. The van der Waals surface area contributed by atoms with Crippen LogP contribution in [0.5, 0.6) is 0 Å². The van der Waals surface area contributed by atoms with E-state index in [4.69, 9.17) is 16.2 Å². The highest BCUT2D eigenvalue weighted by atomic mass is 16.5. The first kappa shape index (κ1) is 30.9. The molecule has 0 fully saturated rings. The summed E-state index contributed by atoms with van der Waals surface area (Å²) in [5.74, 6) is -2.21. The van der Waals surface area contributed by atoms with Gasteiger partial charge in [0.1, 0.15) is 0 Å². The molecule has 41 heavy (non-hydrogen) atoms. The van der Waals surface area contributed by atoms with Crippen molar-refractivity contribution in [1.29, 1.82) is 0 Å². The lowest BCUT2D eigenvalue weighted by molar-refractivity contribution is -0.141. The lowest BCUT2D eigenvalue weighted by Gasteiger charge is -2.16. The number of rotatable bonds is 15. The Labute approximate surface area is 241 Å². The molecule has 216 valence electrons. The van der Waals surface area contributed by atoms with Gasteiger partial charge in [0.25, 0.3) is 0 Å². The second kappa shape index (κ2) is 15.9. The number of carbonyl (C=O) groups excluding carboxylic acids is 2. The van der Waals surface area contributed by atoms with Crippen LogP contribution in [-0.4, -0.2) is 36.7 Å². The smallest absolute Gasteiger partial charge is 0.338 e. The Bertz CT molecular complexity index is 1330. The maximum Gasteiger partial charge on any atom is 0.338 e. The van der Waals surface area contributed by atoms with Crippen LogP contribution in [0.1, 0.15) is 58.3 Å². The summed E-state index contributed by atoms with van der Waals surface area (Å²) in [6.45, 7) is 0.331. The normalized spacial score (nSPS) is 11.7. The lowest BCUT2D eigenvalue weighted by Crippen LogP contribution is -2.20. The number of carboxylic acids is 1. The zero-order valence-corrected chi connectivity index (χ0v) is 23.4. The molecule has 1 unspecified atom stereocenters. The number of carbonyl (C=O) groups is 3. The van der Waals surface area contributed by atoms with Crippen molar-refractivity contribution < 1.29 is 29.0 Å². The maximum absolute atomic E-state index is 12.3. The standard InChI is InChI=1S/C33H38N2O6/c1-40-31(36)18-11-23-7-12-25(13-8-23)33(39)41-19-5-3-2-4-6-26-22-30(35)17-14-27(26)21-28(32(37)38)20-24-9-15-29(34)16-10-24/h7-18,22,28H,2-6,19-21,34-35H2,1H3,(H,37,38)/b18-11+. The van der Waals surface area contributed by atoms with E-state index in [0.29, 0.717) is 36.4 Å². The molecule has 0 saturated carbocycles. The number of aliphatic carboxylic acids is 1. The van der Waals surface area contributed by atoms with E-state index in [1.165, 1.54) is 13.2 Å². The topological polar surface area (TPSA) is 142 Å². The molecule has 3 rings (SSSR count). The van der Waals surface area contributed by atoms with Gasteiger partial charge in [0.15, 0.2) is 0 Å². The van der Waals surface area contributed by atoms with E-state index in [1.807, 2.05) is 30.3 Å². The number of aryl methyl sites for hydroxylation is 1. The van der Waals surface area contributed by atoms with Gasteiger partial charge in [-0.1, -0.05) is 43.2 Å². The number of unbranched alkanes of at least 4 members (excludes halogenated alkanes) is 3. The van der Waals surface area contributed by atoms with Gasteiger partial charge < -0.3 is 26.0 Å². The SMILES string of the molecule is COC(=O)/C=C/c1ccc(C(=O)OCCCCCCc2cc(N)ccc2CC(Cc2ccc(N)cc2)C(=O)O)cc1. The fraction of sp³-hybridized carbons (Fsp3) is 0.303. The Morgan fingerprint density at radius 3 is 2.20 bits per heavy atom. The first-order chi connectivity index (χ1) is 19.7. The largest absolute Gasteiger partial charge is 0.481 e. The van der Waals surface area contributed by atoms with Gasteiger partial charge in [-0.25, -0.2) is 9.59 Å². The zero-order valence-electron chi connectivity index (χ0n) is 23.4. The number of nitrogen functional groups attached to an aromatic ring is 2. The number of nitrogens with two attached hydrogens (primary N) is 2. The van der Waals surface area contributed by atoms with Crippen molar-refractivity contribution in [2.75, 3.05) is 25.2 Å². The average molecular weight is 559 g/mol. The predicted octanol–water partition coefficient (Wildman–Crippen LogP) is 5.48. The Hall–Kier alpha value is -4.59. The molecule has 0 radical (unpaired) electrons. The lowest BCUT2D eigenvalue weighted by atomic mass is 9.89. The van der Waals surface area contributed by atoms with Crippen LogP contribution in [0.25, 0.3) is 6.08 Å². The fourth-order valence-corrected chi connectivity index (χ4v) is 4.51. The van der Waals surface area contributed by atoms with E-state index in [0.717, 1.165) is 54.4 Å². The third-order valence-corrected chi connectivity index (χ3v) is 6.84. The van der Waals surface area contributed by atoms with Gasteiger partial charge in [-0.3, -0.25) is 4.79 Å². The minimum absolute atomic E-state index is 0.331. The molecule has 1 atom stereocenters. The highest BCUT2D eigenvalue weighted by Crippen LogP contribution is 2.23. The zero-order chi connectivity index (χ0) is 29.6. The number of benzene rings is 3. The van der Waals surface area contributed by atoms with E-state index < -0.39 is 17.9 Å². The number of anilines is 2. The third kappa shape index (κ3) is 10.5. The summed E-state index contributed by atoms with van der Waals surface area (Å²) in [6, 6.07) is 19.8. The Morgan fingerprint density at radius 2 is 1.51 bits per heavy atom. The van der Waals surface area contributed by atoms with Crippen LogP contribution in [0, 0.1) is 5.92 Å². The van der Waals surface area contributed by atoms with E-state index >= 15 is 0 Å². The first-order valence-electron chi connectivity index (χ1n) is 13.7. The molecule has 0 bridgehead atoms. The molecular formula is C33H38N2O6. The number of methoxy groups -OCH3 is 1. The number of esters is 2. The third-order valence-electron chi connectivity index (χ3n) is 6.84. The highest BCUT2D eigenvalue weighted by Gasteiger charge is 2.20. The van der Waals surface area contributed by atoms with Crippen LogP contribution in [0.4, 0.5) is 11.4 Å². The minimum atomic E-state index is -0.828. The van der Waals surface area contributed by atoms with E-state index in [1.54, 1.807) is 42.5 Å². The number of carboxylic acid groups (broad SMARTS) is 1. The molecule has 0 amide bonds. The molecule has 0 saturated heterocycles. The van der Waals surface area contributed by atoms with Crippen LogP contribution >= 0.6 is 0 Å². The minimum Gasteiger partial charge on any atom is -0.481 e. The van der Waals surface area contributed by atoms with Gasteiger partial charge in [0.2, 0.25) is 0 Å². The van der Waals surface area contributed by atoms with Gasteiger partial charge in [-0.05, 0) is 96.8 Å². The van der Waals surface area contributed by atoms with Crippen molar-refractivity contribution in [3.8, 4) is 0 Å². The quantitative estimate of drug-likeness (QED) is 0.0963. The molecular weight excluding hydrogens is 520 g/mol. The Balaban J connectivity index is 1.42. The molecule has 0 aliphatic carbocycles. The summed E-state index contributed by atoms with van der Waals surface area (Å²) in [7, 11) is 1.31. The summed E-state index contributed by atoms with van der Waals surface area (Å²) >= 11 is 0. The molecule has 0 aliphatic rings. The van der Waals surface area contributed by atoms with Gasteiger partial charge in [0, 0.05) is 17.5 Å². The molecule has 0 aliphatic heterocycles. The second-order valence-electron chi connectivity index (χ2n) is 9.99. The summed E-state index contributed by atoms with van der Waals surface area (Å²) < 4.78 is 9.96. The average Bonchev–Trinajstić information content (AvgIpc) is 2.97. The molecule has 0 spiro atoms. The van der Waals surface area contributed by atoms with Crippen LogP contribution in [0.15, 0.2) is 72.8 Å². The molecule has 0 heterocycles. The first-order valence-corrected chi connectivity index (χ1v) is 13.7. The van der Waals surface area contributed by atoms with Crippen LogP contribution < -0.4 is 11.5 Å². The molecule has 3 aromatic carbocycles. The van der Waals surface area contributed by atoms with Crippen molar-refractivity contribution in [2.45, 2.75) is 44.9 Å². The summed E-state index contributed by atoms with van der Waals surface area (Å²) in [5.41, 5.74) is 17.4. The number of ether oxygens (including phenoxy) is 2. The maximum atomic E-state index is 12.3. The number of hydrogen-bond donors (Lipinski definition) is 3. The van der Waals surface area contributed by atoms with Crippen LogP contribution in [0.3, 0.4) is 0 Å². The van der Waals surface area contributed by atoms with E-state index in [-0.39, 0.29) is 5.97 Å². The van der Waals surface area contributed by atoms with Gasteiger partial charge in [-0.15, -0.1) is 0 Å². The summed E-state index contributed by atoms with van der Waals surface area (Å²) in [4.78, 5) is 35.5. The van der Waals surface area contributed by atoms with Crippen molar-refractivity contribution in [1.82, 2.24) is 0 Å². The van der Waals surface area contributed by atoms with Crippen molar-refractivity contribution in [3.63, 3.8) is 0 Å². The monoisotopic (exact) mass is 558 g/mol. The Kier molecular flexibility index (Phi) is 12.0. The van der Waals surface area contributed by atoms with Crippen molar-refractivity contribution in [2.24, 2.45) is 5.92 Å². The highest BCUT2D eigenvalue weighted by molar-refractivity contribution is 5.90. The van der Waals surface area contributed by atoms with Gasteiger partial charge in [0.05, 0.1) is 25.2 Å². The summed E-state index contributed by atoms with van der Waals surface area (Å²) in [6.07, 6.45) is 8.08. The van der Waals surface area contributed by atoms with E-state index in [2.05, 4.69) is 4.74 Å². The summed E-state index contributed by atoms with van der Waals surface area (Å²) in [5, 5.41) is 9.86. The molecule has 8 nitrogen and oxygen atoms in total. The second-order valence-corrected chi connectivity index (χ2v) is 9.99. The molecule has 8 heteroatoms. The van der Waals surface area contributed by atoms with E-state index in [9.17, 15) is 19.5 Å². The van der Waals surface area contributed by atoms with Crippen LogP contribution in [-0.2, 0) is 38.3 Å². The van der Waals surface area contributed by atoms with Crippen LogP contribution in [0.2, 0.25) is 0 Å².